The quantitative estimate of drug-likeness (QED) is 0.625. The molecule has 0 aromatic rings. The molecule has 15 heavy (non-hydrogen) atoms. The average Bonchev–Trinajstić information content (AvgIpc) is 2.23. The summed E-state index contributed by atoms with van der Waals surface area (Å²) in [5.74, 6) is 0. The number of hydrogen-bond donors (Lipinski definition) is 0. The Balaban J connectivity index is 2.16. The van der Waals surface area contributed by atoms with Crippen LogP contribution < -0.4 is 0 Å². The van der Waals surface area contributed by atoms with Gasteiger partial charge in [0.1, 0.15) is 0 Å². The first-order valence-electron chi connectivity index (χ1n) is 6.57. The van der Waals surface area contributed by atoms with Crippen LogP contribution in [0.3, 0.4) is 0 Å². The summed E-state index contributed by atoms with van der Waals surface area (Å²) in [7, 11) is 0. The van der Waals surface area contributed by atoms with Crippen molar-refractivity contribution in [1.29, 1.82) is 0 Å². The van der Waals surface area contributed by atoms with Crippen LogP contribution in [-0.4, -0.2) is 18.5 Å². The molecule has 0 aromatic carbocycles. The van der Waals surface area contributed by atoms with Crippen molar-refractivity contribution in [3.05, 3.63) is 0 Å². The fourth-order valence-corrected chi connectivity index (χ4v) is 2.12. The third-order valence-corrected chi connectivity index (χ3v) is 3.07. The molecule has 0 amide bonds. The van der Waals surface area contributed by atoms with Crippen molar-refractivity contribution in [2.45, 2.75) is 84.2 Å². The second-order valence-electron chi connectivity index (χ2n) is 4.63. The summed E-state index contributed by atoms with van der Waals surface area (Å²) in [6, 6.07) is 0. The highest BCUT2D eigenvalue weighted by Crippen LogP contribution is 2.23. The van der Waals surface area contributed by atoms with Gasteiger partial charge < -0.3 is 9.47 Å². The van der Waals surface area contributed by atoms with Gasteiger partial charge in [0.2, 0.25) is 0 Å². The maximum atomic E-state index is 5.86. The smallest absolute Gasteiger partial charge is 0.158 e. The van der Waals surface area contributed by atoms with Crippen molar-refractivity contribution in [3.63, 3.8) is 0 Å². The molecule has 0 N–H and O–H groups in total. The number of unbranched alkanes of at least 4 members (excludes halogenated alkanes) is 3. The Morgan fingerprint density at radius 3 is 2.53 bits per heavy atom. The van der Waals surface area contributed by atoms with Crippen molar-refractivity contribution in [2.24, 2.45) is 0 Å². The monoisotopic (exact) mass is 214 g/mol. The third kappa shape index (κ3) is 4.98. The molecule has 2 heteroatoms. The molecular formula is C13H26O2. The molecule has 0 bridgehead atoms. The highest BCUT2D eigenvalue weighted by Gasteiger charge is 2.25. The summed E-state index contributed by atoms with van der Waals surface area (Å²) in [6.07, 6.45) is 9.27. The lowest BCUT2D eigenvalue weighted by molar-refractivity contribution is -0.241. The lowest BCUT2D eigenvalue weighted by Crippen LogP contribution is -2.36. The molecule has 1 aliphatic heterocycles. The molecule has 2 nitrogen and oxygen atoms in total. The Morgan fingerprint density at radius 2 is 1.87 bits per heavy atom. The predicted molar refractivity (Wildman–Crippen MR) is 62.9 cm³/mol. The van der Waals surface area contributed by atoms with Gasteiger partial charge in [0.05, 0.1) is 12.2 Å². The molecule has 90 valence electrons. The molecule has 1 rings (SSSR count). The highest BCUT2D eigenvalue weighted by atomic mass is 16.7. The summed E-state index contributed by atoms with van der Waals surface area (Å²) in [6.45, 7) is 6.59. The van der Waals surface area contributed by atoms with Crippen molar-refractivity contribution in [3.8, 4) is 0 Å². The van der Waals surface area contributed by atoms with E-state index < -0.39 is 0 Å². The lowest BCUT2D eigenvalue weighted by atomic mass is 10.1. The molecule has 1 heterocycles. The van der Waals surface area contributed by atoms with Crippen molar-refractivity contribution >= 4 is 0 Å². The van der Waals surface area contributed by atoms with Gasteiger partial charge in [0, 0.05) is 0 Å². The summed E-state index contributed by atoms with van der Waals surface area (Å²) in [5.41, 5.74) is 0. The Labute approximate surface area is 94.3 Å². The number of ether oxygens (including phenoxy) is 2. The summed E-state index contributed by atoms with van der Waals surface area (Å²) in [5, 5.41) is 0. The molecular weight excluding hydrogens is 188 g/mol. The van der Waals surface area contributed by atoms with Crippen molar-refractivity contribution < 1.29 is 9.47 Å². The van der Waals surface area contributed by atoms with E-state index in [1.165, 1.54) is 25.7 Å². The van der Waals surface area contributed by atoms with Gasteiger partial charge in [-0.25, -0.2) is 0 Å². The molecule has 3 unspecified atom stereocenters. The summed E-state index contributed by atoms with van der Waals surface area (Å²) < 4.78 is 11.6. The second-order valence-corrected chi connectivity index (χ2v) is 4.63. The van der Waals surface area contributed by atoms with Crippen molar-refractivity contribution in [2.75, 3.05) is 0 Å². The van der Waals surface area contributed by atoms with Gasteiger partial charge in [0.15, 0.2) is 6.29 Å². The van der Waals surface area contributed by atoms with Gasteiger partial charge in [-0.3, -0.25) is 0 Å². The molecule has 1 saturated heterocycles. The van der Waals surface area contributed by atoms with E-state index in [0.717, 1.165) is 19.3 Å². The standard InChI is InChI=1S/C13H26O2/c1-4-6-7-8-9-13-14-11(3)10-12(5-2)15-13/h11-13H,4-10H2,1-3H3. The minimum Gasteiger partial charge on any atom is -0.350 e. The van der Waals surface area contributed by atoms with Gasteiger partial charge in [-0.2, -0.15) is 0 Å². The van der Waals surface area contributed by atoms with Crippen LogP contribution in [0.2, 0.25) is 0 Å². The largest absolute Gasteiger partial charge is 0.350 e. The lowest BCUT2D eigenvalue weighted by Gasteiger charge is -2.34. The van der Waals surface area contributed by atoms with Crippen LogP contribution in [0.15, 0.2) is 0 Å². The van der Waals surface area contributed by atoms with Gasteiger partial charge in [-0.15, -0.1) is 0 Å². The van der Waals surface area contributed by atoms with E-state index in [9.17, 15) is 0 Å². The molecule has 1 fully saturated rings. The van der Waals surface area contributed by atoms with E-state index in [4.69, 9.17) is 9.47 Å². The van der Waals surface area contributed by atoms with Crippen LogP contribution >= 0.6 is 0 Å². The molecule has 0 aromatic heterocycles. The first-order valence-corrected chi connectivity index (χ1v) is 6.57. The Kier molecular flexibility index (Phi) is 6.26. The van der Waals surface area contributed by atoms with E-state index >= 15 is 0 Å². The van der Waals surface area contributed by atoms with Gasteiger partial charge in [0.25, 0.3) is 0 Å². The van der Waals surface area contributed by atoms with Gasteiger partial charge in [-0.05, 0) is 32.6 Å². The van der Waals surface area contributed by atoms with Crippen LogP contribution in [-0.2, 0) is 9.47 Å². The van der Waals surface area contributed by atoms with Crippen LogP contribution in [0.25, 0.3) is 0 Å². The zero-order chi connectivity index (χ0) is 11.1. The van der Waals surface area contributed by atoms with E-state index in [2.05, 4.69) is 20.8 Å². The summed E-state index contributed by atoms with van der Waals surface area (Å²) >= 11 is 0. The van der Waals surface area contributed by atoms with Crippen LogP contribution in [0.4, 0.5) is 0 Å². The zero-order valence-corrected chi connectivity index (χ0v) is 10.5. The summed E-state index contributed by atoms with van der Waals surface area (Å²) in [4.78, 5) is 0. The highest BCUT2D eigenvalue weighted by molar-refractivity contribution is 4.68. The number of hydrogen-bond acceptors (Lipinski definition) is 2. The number of rotatable bonds is 6. The first-order chi connectivity index (χ1) is 7.26. The van der Waals surface area contributed by atoms with Crippen LogP contribution in [0, 0.1) is 0 Å². The van der Waals surface area contributed by atoms with E-state index in [0.29, 0.717) is 12.2 Å². The van der Waals surface area contributed by atoms with Gasteiger partial charge >= 0.3 is 0 Å². The van der Waals surface area contributed by atoms with E-state index in [1.54, 1.807) is 0 Å². The topological polar surface area (TPSA) is 18.5 Å². The van der Waals surface area contributed by atoms with Crippen LogP contribution in [0.5, 0.6) is 0 Å². The zero-order valence-electron chi connectivity index (χ0n) is 10.5. The first kappa shape index (κ1) is 13.0. The van der Waals surface area contributed by atoms with Crippen LogP contribution in [0.1, 0.15) is 65.7 Å². The fraction of sp³-hybridized carbons (Fsp3) is 1.00. The molecule has 0 saturated carbocycles. The van der Waals surface area contributed by atoms with Gasteiger partial charge in [-0.1, -0.05) is 33.1 Å². The fourth-order valence-electron chi connectivity index (χ4n) is 2.12. The molecule has 3 atom stereocenters. The SMILES string of the molecule is CCCCCCC1OC(C)CC(CC)O1. The molecule has 0 spiro atoms. The minimum atomic E-state index is 0.0653. The molecule has 1 aliphatic rings. The normalized spacial score (nSPS) is 31.8. The third-order valence-electron chi connectivity index (χ3n) is 3.07. The van der Waals surface area contributed by atoms with Crippen molar-refractivity contribution in [1.82, 2.24) is 0 Å². The molecule has 0 radical (unpaired) electrons. The minimum absolute atomic E-state index is 0.0653. The Bertz CT molecular complexity index is 159. The maximum Gasteiger partial charge on any atom is 0.158 e. The van der Waals surface area contributed by atoms with E-state index in [1.807, 2.05) is 0 Å². The maximum absolute atomic E-state index is 5.86. The average molecular weight is 214 g/mol. The van der Waals surface area contributed by atoms with E-state index in [-0.39, 0.29) is 6.29 Å². The Hall–Kier alpha value is -0.0800. The predicted octanol–water partition coefficient (Wildman–Crippen LogP) is 3.89. The Morgan fingerprint density at radius 1 is 1.07 bits per heavy atom. The second kappa shape index (κ2) is 7.24. The molecule has 0 aliphatic carbocycles.